The highest BCUT2D eigenvalue weighted by atomic mass is 35.5. The molecule has 9 heteroatoms. The number of rotatable bonds is 10. The van der Waals surface area contributed by atoms with Crippen molar-refractivity contribution in [1.82, 2.24) is 10.0 Å². The largest absolute Gasteiger partial charge is 0.495 e. The van der Waals surface area contributed by atoms with E-state index in [0.29, 0.717) is 25.3 Å². The first-order valence-corrected chi connectivity index (χ1v) is 9.78. The SMILES string of the molecule is COc1ccc(S(=O)(=O)N[C@@H](C)C(=O)NCCCOC(C)C)cc1Cl. The van der Waals surface area contributed by atoms with E-state index in [1.54, 1.807) is 0 Å². The van der Waals surface area contributed by atoms with Crippen LogP contribution >= 0.6 is 11.6 Å². The number of halogens is 1. The average molecular weight is 393 g/mol. The van der Waals surface area contributed by atoms with Gasteiger partial charge in [0.2, 0.25) is 15.9 Å². The summed E-state index contributed by atoms with van der Waals surface area (Å²) in [4.78, 5) is 12.0. The molecule has 25 heavy (non-hydrogen) atoms. The number of hydrogen-bond donors (Lipinski definition) is 2. The monoisotopic (exact) mass is 392 g/mol. The lowest BCUT2D eigenvalue weighted by molar-refractivity contribution is -0.122. The maximum absolute atomic E-state index is 12.3. The molecule has 1 aromatic carbocycles. The molecule has 1 aromatic rings. The highest BCUT2D eigenvalue weighted by Crippen LogP contribution is 2.26. The zero-order valence-corrected chi connectivity index (χ0v) is 16.4. The Morgan fingerprint density at radius 1 is 1.28 bits per heavy atom. The topological polar surface area (TPSA) is 93.7 Å². The van der Waals surface area contributed by atoms with Gasteiger partial charge in [-0.15, -0.1) is 0 Å². The Labute approximate surface area is 154 Å². The Hall–Kier alpha value is -1.35. The standard InChI is InChI=1S/C16H25ClN2O5S/c1-11(2)24-9-5-8-18-16(20)12(3)19-25(21,22)13-6-7-15(23-4)14(17)10-13/h6-7,10-12,19H,5,8-9H2,1-4H3,(H,18,20)/t12-/m0/s1. The molecular formula is C16H25ClN2O5S. The molecule has 2 N–H and O–H groups in total. The van der Waals surface area contributed by atoms with Gasteiger partial charge in [0.25, 0.3) is 0 Å². The van der Waals surface area contributed by atoms with Gasteiger partial charge < -0.3 is 14.8 Å². The Balaban J connectivity index is 2.58. The lowest BCUT2D eigenvalue weighted by atomic mass is 10.3. The van der Waals surface area contributed by atoms with Gasteiger partial charge >= 0.3 is 0 Å². The van der Waals surface area contributed by atoms with E-state index in [9.17, 15) is 13.2 Å². The molecule has 0 saturated heterocycles. The van der Waals surface area contributed by atoms with E-state index in [4.69, 9.17) is 21.1 Å². The lowest BCUT2D eigenvalue weighted by Gasteiger charge is -2.15. The van der Waals surface area contributed by atoms with Gasteiger partial charge in [-0.05, 0) is 45.4 Å². The molecule has 0 unspecified atom stereocenters. The summed E-state index contributed by atoms with van der Waals surface area (Å²) in [6.07, 6.45) is 0.787. The van der Waals surface area contributed by atoms with Crippen LogP contribution in [0.25, 0.3) is 0 Å². The van der Waals surface area contributed by atoms with Gasteiger partial charge in [-0.25, -0.2) is 8.42 Å². The highest BCUT2D eigenvalue weighted by Gasteiger charge is 2.22. The molecule has 0 aliphatic carbocycles. The van der Waals surface area contributed by atoms with Crippen molar-refractivity contribution >= 4 is 27.5 Å². The molecule has 0 spiro atoms. The van der Waals surface area contributed by atoms with Crippen LogP contribution < -0.4 is 14.8 Å². The minimum atomic E-state index is -3.87. The van der Waals surface area contributed by atoms with Crippen LogP contribution in [0.1, 0.15) is 27.2 Å². The fourth-order valence-corrected chi connectivity index (χ4v) is 3.48. The molecule has 1 rings (SSSR count). The third kappa shape index (κ3) is 7.19. The van der Waals surface area contributed by atoms with Crippen molar-refractivity contribution in [3.8, 4) is 5.75 Å². The van der Waals surface area contributed by atoms with E-state index in [2.05, 4.69) is 10.0 Å². The van der Waals surface area contributed by atoms with Crippen molar-refractivity contribution in [1.29, 1.82) is 0 Å². The van der Waals surface area contributed by atoms with Crippen molar-refractivity contribution < 1.29 is 22.7 Å². The number of hydrogen-bond acceptors (Lipinski definition) is 5. The molecule has 0 aliphatic rings. The second-order valence-corrected chi connectivity index (χ2v) is 7.82. The number of benzene rings is 1. The number of methoxy groups -OCH3 is 1. The van der Waals surface area contributed by atoms with E-state index >= 15 is 0 Å². The molecule has 0 heterocycles. The van der Waals surface area contributed by atoms with Crippen LogP contribution in [0.15, 0.2) is 23.1 Å². The number of carbonyl (C=O) groups is 1. The highest BCUT2D eigenvalue weighted by molar-refractivity contribution is 7.89. The predicted octanol–water partition coefficient (Wildman–Crippen LogP) is 1.95. The summed E-state index contributed by atoms with van der Waals surface area (Å²) in [7, 11) is -2.44. The first kappa shape index (κ1) is 21.7. The van der Waals surface area contributed by atoms with Gasteiger partial charge in [0.1, 0.15) is 5.75 Å². The second-order valence-electron chi connectivity index (χ2n) is 5.70. The molecule has 0 aromatic heterocycles. The van der Waals surface area contributed by atoms with Gasteiger partial charge in [0.15, 0.2) is 0 Å². The first-order chi connectivity index (χ1) is 11.7. The second kappa shape index (κ2) is 9.96. The van der Waals surface area contributed by atoms with Gasteiger partial charge in [-0.2, -0.15) is 4.72 Å². The number of carbonyl (C=O) groups excluding carboxylic acids is 1. The molecule has 1 atom stereocenters. The van der Waals surface area contributed by atoms with Crippen LogP contribution in [0.2, 0.25) is 5.02 Å². The summed E-state index contributed by atoms with van der Waals surface area (Å²) in [6, 6.07) is 3.17. The number of sulfonamides is 1. The summed E-state index contributed by atoms with van der Waals surface area (Å²) in [5.74, 6) is -0.0391. The quantitative estimate of drug-likeness (QED) is 0.593. The third-order valence-electron chi connectivity index (χ3n) is 3.23. The molecule has 7 nitrogen and oxygen atoms in total. The van der Waals surface area contributed by atoms with Crippen molar-refractivity contribution in [2.24, 2.45) is 0 Å². The summed E-state index contributed by atoms with van der Waals surface area (Å²) < 4.78 is 37.4. The number of amides is 1. The molecule has 0 fully saturated rings. The molecular weight excluding hydrogens is 368 g/mol. The summed E-state index contributed by atoms with van der Waals surface area (Å²) >= 11 is 5.95. The Kier molecular flexibility index (Phi) is 8.64. The maximum Gasteiger partial charge on any atom is 0.241 e. The predicted molar refractivity (Wildman–Crippen MR) is 96.5 cm³/mol. The average Bonchev–Trinajstić information content (AvgIpc) is 2.53. The summed E-state index contributed by atoms with van der Waals surface area (Å²) in [5, 5.41) is 2.84. The van der Waals surface area contributed by atoms with Gasteiger partial charge in [-0.1, -0.05) is 11.6 Å². The fraction of sp³-hybridized carbons (Fsp3) is 0.562. The number of ether oxygens (including phenoxy) is 2. The van der Waals surface area contributed by atoms with Crippen LogP contribution in [-0.4, -0.2) is 46.7 Å². The van der Waals surface area contributed by atoms with E-state index < -0.39 is 22.0 Å². The first-order valence-electron chi connectivity index (χ1n) is 7.92. The van der Waals surface area contributed by atoms with E-state index in [0.717, 1.165) is 0 Å². The molecule has 0 aliphatic heterocycles. The summed E-state index contributed by atoms with van der Waals surface area (Å²) in [6.45, 7) is 6.28. The third-order valence-corrected chi connectivity index (χ3v) is 5.06. The van der Waals surface area contributed by atoms with E-state index in [1.807, 2.05) is 13.8 Å². The van der Waals surface area contributed by atoms with Crippen LogP contribution in [0.3, 0.4) is 0 Å². The Morgan fingerprint density at radius 3 is 2.52 bits per heavy atom. The minimum absolute atomic E-state index is 0.0386. The van der Waals surface area contributed by atoms with Crippen LogP contribution in [0, 0.1) is 0 Å². The lowest BCUT2D eigenvalue weighted by Crippen LogP contribution is -2.45. The minimum Gasteiger partial charge on any atom is -0.495 e. The Morgan fingerprint density at radius 2 is 1.96 bits per heavy atom. The van der Waals surface area contributed by atoms with Crippen LogP contribution in [0.4, 0.5) is 0 Å². The van der Waals surface area contributed by atoms with Crippen molar-refractivity contribution in [3.05, 3.63) is 23.2 Å². The molecule has 1 amide bonds. The normalized spacial score (nSPS) is 12.9. The van der Waals surface area contributed by atoms with Crippen LogP contribution in [0.5, 0.6) is 5.75 Å². The van der Waals surface area contributed by atoms with Gasteiger partial charge in [0, 0.05) is 13.2 Å². The summed E-state index contributed by atoms with van der Waals surface area (Å²) in [5.41, 5.74) is 0. The number of nitrogens with one attached hydrogen (secondary N) is 2. The maximum atomic E-state index is 12.3. The van der Waals surface area contributed by atoms with E-state index in [-0.39, 0.29) is 16.0 Å². The van der Waals surface area contributed by atoms with Crippen LogP contribution in [-0.2, 0) is 19.6 Å². The molecule has 0 bridgehead atoms. The van der Waals surface area contributed by atoms with Crippen molar-refractivity contribution in [3.63, 3.8) is 0 Å². The van der Waals surface area contributed by atoms with Gasteiger partial charge in [0.05, 0.1) is 29.2 Å². The van der Waals surface area contributed by atoms with Crippen molar-refractivity contribution in [2.45, 2.75) is 44.2 Å². The van der Waals surface area contributed by atoms with Crippen molar-refractivity contribution in [2.75, 3.05) is 20.3 Å². The zero-order chi connectivity index (χ0) is 19.0. The fourth-order valence-electron chi connectivity index (χ4n) is 1.92. The van der Waals surface area contributed by atoms with Gasteiger partial charge in [-0.3, -0.25) is 4.79 Å². The molecule has 142 valence electrons. The zero-order valence-electron chi connectivity index (χ0n) is 14.8. The Bertz CT molecular complexity index is 679. The molecule has 0 saturated carbocycles. The smallest absolute Gasteiger partial charge is 0.241 e. The van der Waals surface area contributed by atoms with E-state index in [1.165, 1.54) is 32.2 Å². The molecule has 0 radical (unpaired) electrons.